The quantitative estimate of drug-likeness (QED) is 0.862. The maximum atomic E-state index is 12.2. The number of nitrogens with two attached hydrogens (primary N) is 1. The zero-order chi connectivity index (χ0) is 13.2. The number of likely N-dealkylation sites (tertiary alicyclic amines) is 1. The first kappa shape index (κ1) is 12.6. The number of nitrogens with zero attached hydrogens (tertiary/aromatic N) is 4. The van der Waals surface area contributed by atoms with E-state index in [9.17, 15) is 4.79 Å². The summed E-state index contributed by atoms with van der Waals surface area (Å²) in [6.45, 7) is 1.70. The molecule has 0 bridgehead atoms. The zero-order valence-electron chi connectivity index (χ0n) is 11.2. The summed E-state index contributed by atoms with van der Waals surface area (Å²) >= 11 is 0. The minimum absolute atomic E-state index is 0.0243. The van der Waals surface area contributed by atoms with Crippen molar-refractivity contribution >= 4 is 5.91 Å². The van der Waals surface area contributed by atoms with E-state index in [1.54, 1.807) is 0 Å². The number of aromatic nitrogens is 3. The van der Waals surface area contributed by atoms with Gasteiger partial charge in [-0.1, -0.05) is 5.21 Å². The molecule has 0 spiro atoms. The Bertz CT molecular complexity index is 444. The van der Waals surface area contributed by atoms with Crippen LogP contribution >= 0.6 is 0 Å². The van der Waals surface area contributed by atoms with Gasteiger partial charge in [-0.3, -0.25) is 4.79 Å². The van der Waals surface area contributed by atoms with E-state index in [0.717, 1.165) is 51.6 Å². The van der Waals surface area contributed by atoms with E-state index in [2.05, 4.69) is 10.3 Å². The molecule has 2 heterocycles. The van der Waals surface area contributed by atoms with Crippen LogP contribution in [0.25, 0.3) is 0 Å². The summed E-state index contributed by atoms with van der Waals surface area (Å²) in [7, 11) is 0. The van der Waals surface area contributed by atoms with Crippen molar-refractivity contribution in [2.75, 3.05) is 13.1 Å². The normalized spacial score (nSPS) is 27.7. The topological polar surface area (TPSA) is 77.0 Å². The molecular weight excluding hydrogens is 242 g/mol. The van der Waals surface area contributed by atoms with Gasteiger partial charge in [0, 0.05) is 19.1 Å². The van der Waals surface area contributed by atoms with E-state index >= 15 is 0 Å². The van der Waals surface area contributed by atoms with Gasteiger partial charge in [0.2, 0.25) is 0 Å². The van der Waals surface area contributed by atoms with Crippen molar-refractivity contribution in [2.24, 2.45) is 5.73 Å². The summed E-state index contributed by atoms with van der Waals surface area (Å²) in [5, 5.41) is 8.18. The molecular formula is C13H21N5O. The number of amides is 1. The number of rotatable bonds is 2. The first-order valence-electron chi connectivity index (χ1n) is 7.21. The highest BCUT2D eigenvalue weighted by molar-refractivity contribution is 5.92. The van der Waals surface area contributed by atoms with Gasteiger partial charge in [-0.25, -0.2) is 4.68 Å². The molecule has 0 aromatic carbocycles. The van der Waals surface area contributed by atoms with Gasteiger partial charge in [-0.05, 0) is 38.5 Å². The van der Waals surface area contributed by atoms with E-state index in [-0.39, 0.29) is 5.91 Å². The summed E-state index contributed by atoms with van der Waals surface area (Å²) in [4.78, 5) is 14.1. The second kappa shape index (κ2) is 5.28. The van der Waals surface area contributed by atoms with Crippen molar-refractivity contribution in [2.45, 2.75) is 50.6 Å². The highest BCUT2D eigenvalue weighted by atomic mass is 16.2. The molecule has 1 saturated heterocycles. The smallest absolute Gasteiger partial charge is 0.276 e. The highest BCUT2D eigenvalue weighted by Crippen LogP contribution is 2.27. The molecule has 1 aliphatic carbocycles. The van der Waals surface area contributed by atoms with Crippen molar-refractivity contribution in [3.63, 3.8) is 0 Å². The lowest BCUT2D eigenvalue weighted by Gasteiger charge is -2.25. The second-order valence-corrected chi connectivity index (χ2v) is 5.65. The summed E-state index contributed by atoms with van der Waals surface area (Å²) in [6, 6.07) is 0.679. The lowest BCUT2D eigenvalue weighted by atomic mass is 9.92. The van der Waals surface area contributed by atoms with Crippen molar-refractivity contribution in [3.05, 3.63) is 11.9 Å². The van der Waals surface area contributed by atoms with Crippen molar-refractivity contribution in [3.8, 4) is 0 Å². The predicted molar refractivity (Wildman–Crippen MR) is 70.6 cm³/mol. The van der Waals surface area contributed by atoms with Crippen molar-refractivity contribution in [1.82, 2.24) is 19.9 Å². The third kappa shape index (κ3) is 2.63. The molecule has 1 saturated carbocycles. The van der Waals surface area contributed by atoms with Crippen LogP contribution in [-0.2, 0) is 0 Å². The van der Waals surface area contributed by atoms with Gasteiger partial charge in [-0.2, -0.15) is 0 Å². The summed E-state index contributed by atoms with van der Waals surface area (Å²) < 4.78 is 1.86. The minimum Gasteiger partial charge on any atom is -0.337 e. The average molecular weight is 263 g/mol. The zero-order valence-corrected chi connectivity index (χ0v) is 11.2. The van der Waals surface area contributed by atoms with Crippen LogP contribution < -0.4 is 5.73 Å². The SMILES string of the molecule is N[C@H]1CC[C@@H](n2cc(C(=O)N3CCCC3)nn2)CC1. The number of hydrogen-bond donors (Lipinski definition) is 1. The van der Waals surface area contributed by atoms with Crippen LogP contribution in [0.2, 0.25) is 0 Å². The van der Waals surface area contributed by atoms with E-state index < -0.39 is 0 Å². The molecule has 6 nitrogen and oxygen atoms in total. The number of carbonyl (C=O) groups excluding carboxylic acids is 1. The van der Waals surface area contributed by atoms with Crippen LogP contribution in [0.5, 0.6) is 0 Å². The van der Waals surface area contributed by atoms with Crippen LogP contribution in [0.3, 0.4) is 0 Å². The van der Waals surface area contributed by atoms with Crippen LogP contribution in [0, 0.1) is 0 Å². The Hall–Kier alpha value is -1.43. The van der Waals surface area contributed by atoms with Gasteiger partial charge in [0.15, 0.2) is 5.69 Å². The number of hydrogen-bond acceptors (Lipinski definition) is 4. The molecule has 19 heavy (non-hydrogen) atoms. The predicted octanol–water partition coefficient (Wildman–Crippen LogP) is 0.956. The van der Waals surface area contributed by atoms with Gasteiger partial charge in [-0.15, -0.1) is 5.10 Å². The lowest BCUT2D eigenvalue weighted by Crippen LogP contribution is -2.28. The molecule has 104 valence electrons. The third-order valence-corrected chi connectivity index (χ3v) is 4.24. The van der Waals surface area contributed by atoms with Gasteiger partial charge in [0.05, 0.1) is 12.2 Å². The fraction of sp³-hybridized carbons (Fsp3) is 0.769. The second-order valence-electron chi connectivity index (χ2n) is 5.65. The Morgan fingerprint density at radius 1 is 1.21 bits per heavy atom. The molecule has 1 aromatic heterocycles. The molecule has 2 fully saturated rings. The Morgan fingerprint density at radius 3 is 2.58 bits per heavy atom. The molecule has 1 amide bonds. The van der Waals surface area contributed by atoms with Crippen molar-refractivity contribution < 1.29 is 4.79 Å². The first-order valence-corrected chi connectivity index (χ1v) is 7.21. The molecule has 1 aliphatic heterocycles. The maximum Gasteiger partial charge on any atom is 0.276 e. The first-order chi connectivity index (χ1) is 9.24. The van der Waals surface area contributed by atoms with E-state index in [4.69, 9.17) is 5.73 Å². The Kier molecular flexibility index (Phi) is 3.50. The molecule has 2 N–H and O–H groups in total. The molecule has 2 aliphatic rings. The molecule has 3 rings (SSSR count). The van der Waals surface area contributed by atoms with Gasteiger partial charge < -0.3 is 10.6 Å². The fourth-order valence-corrected chi connectivity index (χ4v) is 3.00. The van der Waals surface area contributed by atoms with Gasteiger partial charge in [0.25, 0.3) is 5.91 Å². The van der Waals surface area contributed by atoms with Gasteiger partial charge in [0.1, 0.15) is 0 Å². The van der Waals surface area contributed by atoms with Crippen LogP contribution in [0.1, 0.15) is 55.1 Å². The van der Waals surface area contributed by atoms with E-state index in [0.29, 0.717) is 17.8 Å². The standard InChI is InChI=1S/C13H21N5O/c14-10-3-5-11(6-4-10)18-9-12(15-16-18)13(19)17-7-1-2-8-17/h9-11H,1-8,14H2/t10-,11+. The van der Waals surface area contributed by atoms with Crippen LogP contribution in [-0.4, -0.2) is 44.9 Å². The molecule has 0 unspecified atom stereocenters. The molecule has 6 heteroatoms. The van der Waals surface area contributed by atoms with Crippen molar-refractivity contribution in [1.29, 1.82) is 0 Å². The molecule has 1 aromatic rings. The summed E-state index contributed by atoms with van der Waals surface area (Å²) in [5.74, 6) is 0.0243. The van der Waals surface area contributed by atoms with Gasteiger partial charge >= 0.3 is 0 Å². The molecule has 0 atom stereocenters. The highest BCUT2D eigenvalue weighted by Gasteiger charge is 2.25. The summed E-state index contributed by atoms with van der Waals surface area (Å²) in [5.41, 5.74) is 6.39. The Balaban J connectivity index is 1.67. The van der Waals surface area contributed by atoms with Crippen LogP contribution in [0.4, 0.5) is 0 Å². The minimum atomic E-state index is 0.0243. The third-order valence-electron chi connectivity index (χ3n) is 4.24. The summed E-state index contributed by atoms with van der Waals surface area (Å²) in [6.07, 6.45) is 8.12. The largest absolute Gasteiger partial charge is 0.337 e. The van der Waals surface area contributed by atoms with E-state index in [1.807, 2.05) is 15.8 Å². The van der Waals surface area contributed by atoms with Crippen LogP contribution in [0.15, 0.2) is 6.20 Å². The Morgan fingerprint density at radius 2 is 1.89 bits per heavy atom. The fourth-order valence-electron chi connectivity index (χ4n) is 3.00. The molecule has 0 radical (unpaired) electrons. The monoisotopic (exact) mass is 263 g/mol. The maximum absolute atomic E-state index is 12.2. The lowest BCUT2D eigenvalue weighted by molar-refractivity contribution is 0.0787. The van der Waals surface area contributed by atoms with E-state index in [1.165, 1.54) is 0 Å². The number of carbonyl (C=O) groups is 1. The Labute approximate surface area is 112 Å². The average Bonchev–Trinajstić information content (AvgIpc) is 3.10.